The topological polar surface area (TPSA) is 87.7 Å². The van der Waals surface area contributed by atoms with Crippen LogP contribution in [0.2, 0.25) is 5.02 Å². The summed E-state index contributed by atoms with van der Waals surface area (Å²) < 4.78 is 7.35. The average molecular weight is 613 g/mol. The smallest absolute Gasteiger partial charge is 0.246 e. The van der Waals surface area contributed by atoms with E-state index < -0.39 is 29.6 Å². The predicted molar refractivity (Wildman–Crippen MR) is 152 cm³/mol. The molecule has 3 amide bonds. The fraction of sp³-hybridized carbons (Fsp3) is 0.433. The minimum absolute atomic E-state index is 0.0845. The first kappa shape index (κ1) is 26.5. The molecule has 3 aliphatic heterocycles. The predicted octanol–water partition coefficient (Wildman–Crippen LogP) is 4.88. The quantitative estimate of drug-likeness (QED) is 0.437. The minimum Gasteiger partial charge on any atom is -0.359 e. The highest BCUT2D eigenvalue weighted by Gasteiger charge is 2.72. The molecule has 2 aromatic carbocycles. The molecule has 1 saturated carbocycles. The van der Waals surface area contributed by atoms with E-state index in [-0.39, 0.29) is 23.8 Å². The lowest BCUT2D eigenvalue weighted by Gasteiger charge is -2.34. The summed E-state index contributed by atoms with van der Waals surface area (Å²) in [6.07, 6.45) is 8.81. The van der Waals surface area contributed by atoms with Crippen LogP contribution in [0.25, 0.3) is 0 Å². The maximum atomic E-state index is 14.1. The highest BCUT2D eigenvalue weighted by atomic mass is 79.9. The summed E-state index contributed by atoms with van der Waals surface area (Å²) in [5, 5.41) is 6.80. The van der Waals surface area contributed by atoms with Crippen LogP contribution in [-0.4, -0.2) is 53.0 Å². The Morgan fingerprint density at radius 1 is 1.05 bits per heavy atom. The average Bonchev–Trinajstić information content (AvgIpc) is 3.57. The highest BCUT2D eigenvalue weighted by molar-refractivity contribution is 9.10. The maximum Gasteiger partial charge on any atom is 0.246 e. The van der Waals surface area contributed by atoms with Crippen LogP contribution in [0.3, 0.4) is 0 Å². The molecule has 4 aliphatic rings. The summed E-state index contributed by atoms with van der Waals surface area (Å²) in [4.78, 5) is 43.2. The van der Waals surface area contributed by atoms with Crippen molar-refractivity contribution in [2.45, 2.75) is 62.3 Å². The van der Waals surface area contributed by atoms with E-state index in [2.05, 4.69) is 26.6 Å². The molecule has 0 aromatic heterocycles. The third-order valence-corrected chi connectivity index (χ3v) is 9.47. The Hall–Kier alpha value is -2.68. The molecule has 3 heterocycles. The van der Waals surface area contributed by atoms with Crippen LogP contribution in [0.15, 0.2) is 65.2 Å². The fourth-order valence-electron chi connectivity index (χ4n) is 6.74. The first-order chi connectivity index (χ1) is 18.9. The van der Waals surface area contributed by atoms with Gasteiger partial charge in [-0.2, -0.15) is 0 Å². The number of carbonyl (C=O) groups excluding carboxylic acids is 3. The number of likely N-dealkylation sites (tertiary alicyclic amines) is 1. The first-order valence-corrected chi connectivity index (χ1v) is 14.8. The molecule has 39 heavy (non-hydrogen) atoms. The lowest BCUT2D eigenvalue weighted by molar-refractivity contribution is -0.141. The molecule has 0 radical (unpaired) electrons. The summed E-state index contributed by atoms with van der Waals surface area (Å²) in [6, 6.07) is 14.0. The van der Waals surface area contributed by atoms with Gasteiger partial charge in [-0.15, -0.1) is 0 Å². The number of benzene rings is 2. The molecule has 0 unspecified atom stereocenters. The van der Waals surface area contributed by atoms with Gasteiger partial charge in [0, 0.05) is 27.8 Å². The van der Waals surface area contributed by atoms with E-state index in [0.717, 1.165) is 35.7 Å². The number of rotatable bonds is 7. The Kier molecular flexibility index (Phi) is 7.29. The van der Waals surface area contributed by atoms with Crippen molar-refractivity contribution in [2.75, 3.05) is 11.9 Å². The SMILES string of the molecule is O=C(Nc1ccc(Br)cc1)[C@H]1[C@@H]2C=C[C@]3(O2)[C@@H]1C(=O)N(CCc1ccccc1Cl)[C@H]3C(=O)NC1CCCCC1. The molecule has 6 rings (SSSR count). The van der Waals surface area contributed by atoms with E-state index in [9.17, 15) is 14.4 Å². The summed E-state index contributed by atoms with van der Waals surface area (Å²) in [5.74, 6) is -2.24. The van der Waals surface area contributed by atoms with Crippen LogP contribution in [0.5, 0.6) is 0 Å². The van der Waals surface area contributed by atoms with Crippen LogP contribution in [-0.2, 0) is 25.5 Å². The zero-order chi connectivity index (χ0) is 27.1. The van der Waals surface area contributed by atoms with Gasteiger partial charge in [0.25, 0.3) is 0 Å². The van der Waals surface area contributed by atoms with Crippen molar-refractivity contribution in [1.82, 2.24) is 10.2 Å². The number of fused-ring (bicyclic) bond motifs is 1. The Morgan fingerprint density at radius 3 is 2.54 bits per heavy atom. The van der Waals surface area contributed by atoms with E-state index in [1.165, 1.54) is 6.42 Å². The van der Waals surface area contributed by atoms with Gasteiger partial charge in [-0.05, 0) is 55.2 Å². The van der Waals surface area contributed by atoms with Gasteiger partial charge in [0.2, 0.25) is 17.7 Å². The second-order valence-corrected chi connectivity index (χ2v) is 12.2. The Balaban J connectivity index is 1.29. The van der Waals surface area contributed by atoms with Crippen molar-refractivity contribution in [3.8, 4) is 0 Å². The second-order valence-electron chi connectivity index (χ2n) is 10.9. The van der Waals surface area contributed by atoms with Crippen LogP contribution in [0.1, 0.15) is 37.7 Å². The van der Waals surface area contributed by atoms with Crippen molar-refractivity contribution in [1.29, 1.82) is 0 Å². The molecular formula is C30H31BrClN3O4. The monoisotopic (exact) mass is 611 g/mol. The molecule has 2 saturated heterocycles. The molecular weight excluding hydrogens is 582 g/mol. The molecule has 7 nitrogen and oxygen atoms in total. The van der Waals surface area contributed by atoms with E-state index in [0.29, 0.717) is 23.7 Å². The maximum absolute atomic E-state index is 14.1. The van der Waals surface area contributed by atoms with Crippen molar-refractivity contribution in [3.05, 3.63) is 75.7 Å². The molecule has 2 N–H and O–H groups in total. The summed E-state index contributed by atoms with van der Waals surface area (Å²) in [7, 11) is 0. The molecule has 5 atom stereocenters. The lowest BCUT2D eigenvalue weighted by Crippen LogP contribution is -2.56. The van der Waals surface area contributed by atoms with E-state index in [1.54, 1.807) is 17.0 Å². The van der Waals surface area contributed by atoms with E-state index in [4.69, 9.17) is 16.3 Å². The molecule has 1 spiro atoms. The van der Waals surface area contributed by atoms with Crippen molar-refractivity contribution in [3.63, 3.8) is 0 Å². The first-order valence-electron chi connectivity index (χ1n) is 13.7. The fourth-order valence-corrected chi connectivity index (χ4v) is 7.23. The van der Waals surface area contributed by atoms with Crippen molar-refractivity contribution in [2.24, 2.45) is 11.8 Å². The lowest BCUT2D eigenvalue weighted by atomic mass is 9.74. The number of hydrogen-bond acceptors (Lipinski definition) is 4. The molecule has 1 aliphatic carbocycles. The number of halogens is 2. The third kappa shape index (κ3) is 4.81. The number of ether oxygens (including phenoxy) is 1. The van der Waals surface area contributed by atoms with Crippen LogP contribution < -0.4 is 10.6 Å². The zero-order valence-corrected chi connectivity index (χ0v) is 23.8. The number of nitrogens with one attached hydrogen (secondary N) is 2. The van der Waals surface area contributed by atoms with Crippen molar-refractivity contribution >= 4 is 50.9 Å². The van der Waals surface area contributed by atoms with Gasteiger partial charge in [0.15, 0.2) is 0 Å². The largest absolute Gasteiger partial charge is 0.359 e. The standard InChI is InChI=1S/C30H31BrClN3O4/c31-19-10-12-21(13-11-19)33-27(36)24-23-14-16-30(39-23)25(24)29(38)35(17-15-18-6-4-5-9-22(18)32)26(30)28(37)34-20-7-2-1-3-8-20/h4-6,9-14,16,20,23-26H,1-3,7-8,15,17H2,(H,33,36)(H,34,37)/t23-,24-,25-,26-,30-/m0/s1. The van der Waals surface area contributed by atoms with Gasteiger partial charge in [-0.1, -0.05) is 77.1 Å². The number of anilines is 1. The molecule has 2 bridgehead atoms. The van der Waals surface area contributed by atoms with Gasteiger partial charge in [0.05, 0.1) is 17.9 Å². The molecule has 9 heteroatoms. The Morgan fingerprint density at radius 2 is 1.79 bits per heavy atom. The Labute approximate surface area is 241 Å². The van der Waals surface area contributed by atoms with Gasteiger partial charge < -0.3 is 20.3 Å². The summed E-state index contributed by atoms with van der Waals surface area (Å²) >= 11 is 9.82. The molecule has 204 valence electrons. The van der Waals surface area contributed by atoms with E-state index >= 15 is 0 Å². The Bertz CT molecular complexity index is 1310. The van der Waals surface area contributed by atoms with Crippen molar-refractivity contribution < 1.29 is 19.1 Å². The van der Waals surface area contributed by atoms with Crippen LogP contribution >= 0.6 is 27.5 Å². The normalized spacial score (nSPS) is 29.5. The highest BCUT2D eigenvalue weighted by Crippen LogP contribution is 2.55. The van der Waals surface area contributed by atoms with Gasteiger partial charge in [-0.25, -0.2) is 0 Å². The van der Waals surface area contributed by atoms with Crippen LogP contribution in [0.4, 0.5) is 5.69 Å². The zero-order valence-electron chi connectivity index (χ0n) is 21.4. The minimum atomic E-state index is -1.18. The van der Waals surface area contributed by atoms with E-state index in [1.807, 2.05) is 48.6 Å². The second kappa shape index (κ2) is 10.7. The van der Waals surface area contributed by atoms with Gasteiger partial charge in [0.1, 0.15) is 11.6 Å². The number of nitrogens with zero attached hydrogens (tertiary/aromatic N) is 1. The number of carbonyl (C=O) groups is 3. The molecule has 2 aromatic rings. The van der Waals surface area contributed by atoms with Gasteiger partial charge >= 0.3 is 0 Å². The third-order valence-electron chi connectivity index (χ3n) is 8.57. The number of hydrogen-bond donors (Lipinski definition) is 2. The molecule has 3 fully saturated rings. The van der Waals surface area contributed by atoms with Gasteiger partial charge in [-0.3, -0.25) is 14.4 Å². The summed E-state index contributed by atoms with van der Waals surface area (Å²) in [5.41, 5.74) is 0.359. The number of amides is 3. The summed E-state index contributed by atoms with van der Waals surface area (Å²) in [6.45, 7) is 0.298. The van der Waals surface area contributed by atoms with Crippen LogP contribution in [0, 0.1) is 11.8 Å².